The minimum atomic E-state index is 0.471. The van der Waals surface area contributed by atoms with Crippen molar-refractivity contribution >= 4 is 29.1 Å². The number of hydrogen-bond donors (Lipinski definition) is 1. The molecular weight excluding hydrogens is 226 g/mol. The van der Waals surface area contributed by atoms with Crippen molar-refractivity contribution in [1.29, 1.82) is 0 Å². The molecule has 3 heteroatoms. The average molecular weight is 244 g/mol. The summed E-state index contributed by atoms with van der Waals surface area (Å²) in [6.07, 6.45) is 1.03. The van der Waals surface area contributed by atoms with Gasteiger partial charge >= 0.3 is 0 Å². The molecule has 2 rings (SSSR count). The van der Waals surface area contributed by atoms with Crippen molar-refractivity contribution in [2.45, 2.75) is 44.4 Å². The molecule has 0 bridgehead atoms. The number of anilines is 1. The van der Waals surface area contributed by atoms with Gasteiger partial charge in [-0.1, -0.05) is 44.1 Å². The lowest BCUT2D eigenvalue weighted by Crippen LogP contribution is -2.04. The molecule has 0 radical (unpaired) electrons. The van der Waals surface area contributed by atoms with E-state index in [9.17, 15) is 0 Å². The van der Waals surface area contributed by atoms with Gasteiger partial charge in [-0.15, -0.1) is 0 Å². The SMILES string of the molecule is CC.CCc1cc(Cl)cc2c1NC(C)S2. The quantitative estimate of drug-likeness (QED) is 0.761. The topological polar surface area (TPSA) is 12.0 Å². The molecule has 1 aliphatic heterocycles. The van der Waals surface area contributed by atoms with Crippen LogP contribution < -0.4 is 5.32 Å². The van der Waals surface area contributed by atoms with E-state index < -0.39 is 0 Å². The summed E-state index contributed by atoms with van der Waals surface area (Å²) in [6, 6.07) is 4.09. The fourth-order valence-corrected chi connectivity index (χ4v) is 2.96. The van der Waals surface area contributed by atoms with Gasteiger partial charge in [0, 0.05) is 9.92 Å². The Morgan fingerprint density at radius 2 is 2.07 bits per heavy atom. The summed E-state index contributed by atoms with van der Waals surface area (Å²) in [7, 11) is 0. The predicted octanol–water partition coefficient (Wildman–Crippen LogP) is 4.79. The van der Waals surface area contributed by atoms with Crippen molar-refractivity contribution in [3.05, 3.63) is 22.7 Å². The average Bonchev–Trinajstić information content (AvgIpc) is 2.60. The standard InChI is InChI=1S/C10H12ClNS.C2H6/c1-3-7-4-8(11)5-9-10(7)12-6(2)13-9;1-2/h4-6,12H,3H2,1-2H3;1-2H3. The lowest BCUT2D eigenvalue weighted by molar-refractivity contribution is 1.09. The summed E-state index contributed by atoms with van der Waals surface area (Å²) in [6.45, 7) is 8.32. The van der Waals surface area contributed by atoms with Crippen LogP contribution in [0.3, 0.4) is 0 Å². The summed E-state index contributed by atoms with van der Waals surface area (Å²) >= 11 is 7.85. The molecule has 0 aliphatic carbocycles. The van der Waals surface area contributed by atoms with Gasteiger partial charge in [-0.2, -0.15) is 0 Å². The zero-order chi connectivity index (χ0) is 11.4. The first-order valence-corrected chi connectivity index (χ1v) is 6.72. The second-order valence-electron chi connectivity index (χ2n) is 3.20. The van der Waals surface area contributed by atoms with Crippen LogP contribution in [0.1, 0.15) is 33.3 Å². The highest BCUT2D eigenvalue weighted by Crippen LogP contribution is 2.42. The molecule has 0 aromatic heterocycles. The number of aryl methyl sites for hydroxylation is 1. The first-order chi connectivity index (χ1) is 7.20. The van der Waals surface area contributed by atoms with Crippen LogP contribution in [0, 0.1) is 0 Å². The zero-order valence-corrected chi connectivity index (χ0v) is 11.3. The van der Waals surface area contributed by atoms with E-state index in [1.165, 1.54) is 16.1 Å². The lowest BCUT2D eigenvalue weighted by atomic mass is 10.1. The summed E-state index contributed by atoms with van der Waals surface area (Å²) in [4.78, 5) is 1.29. The number of nitrogens with one attached hydrogen (secondary N) is 1. The smallest absolute Gasteiger partial charge is 0.0741 e. The van der Waals surface area contributed by atoms with Crippen LogP contribution >= 0.6 is 23.4 Å². The summed E-state index contributed by atoms with van der Waals surface area (Å²) in [5, 5.41) is 4.77. The van der Waals surface area contributed by atoms with E-state index in [-0.39, 0.29) is 0 Å². The van der Waals surface area contributed by atoms with Crippen LogP contribution in [0.15, 0.2) is 17.0 Å². The molecule has 0 saturated heterocycles. The van der Waals surface area contributed by atoms with E-state index in [4.69, 9.17) is 11.6 Å². The summed E-state index contributed by atoms with van der Waals surface area (Å²) < 4.78 is 0. The molecule has 1 aromatic rings. The highest BCUT2D eigenvalue weighted by Gasteiger charge is 2.20. The molecular formula is C12H18ClNS. The Kier molecular flexibility index (Phi) is 4.81. The van der Waals surface area contributed by atoms with Crippen molar-refractivity contribution < 1.29 is 0 Å². The van der Waals surface area contributed by atoms with Gasteiger partial charge in [-0.25, -0.2) is 0 Å². The number of thioether (sulfide) groups is 1. The van der Waals surface area contributed by atoms with Gasteiger partial charge in [0.25, 0.3) is 0 Å². The molecule has 1 heterocycles. The van der Waals surface area contributed by atoms with Gasteiger partial charge in [0.05, 0.1) is 11.1 Å². The first-order valence-electron chi connectivity index (χ1n) is 5.46. The second kappa shape index (κ2) is 5.66. The van der Waals surface area contributed by atoms with E-state index in [2.05, 4.69) is 19.2 Å². The maximum absolute atomic E-state index is 6.01. The Bertz CT molecular complexity index is 339. The molecule has 1 N–H and O–H groups in total. The Morgan fingerprint density at radius 1 is 1.40 bits per heavy atom. The third kappa shape index (κ3) is 2.82. The Hall–Kier alpha value is -0.340. The maximum atomic E-state index is 6.01. The molecule has 0 fully saturated rings. The van der Waals surface area contributed by atoms with Crippen LogP contribution in [-0.4, -0.2) is 5.37 Å². The number of hydrogen-bond acceptors (Lipinski definition) is 2. The molecule has 0 saturated carbocycles. The molecule has 0 amide bonds. The van der Waals surface area contributed by atoms with Crippen LogP contribution in [0.4, 0.5) is 5.69 Å². The van der Waals surface area contributed by atoms with Gasteiger partial charge in [0.15, 0.2) is 0 Å². The number of rotatable bonds is 1. The highest BCUT2D eigenvalue weighted by molar-refractivity contribution is 8.00. The number of benzene rings is 1. The van der Waals surface area contributed by atoms with Gasteiger partial charge in [-0.05, 0) is 31.0 Å². The van der Waals surface area contributed by atoms with Gasteiger partial charge in [0.1, 0.15) is 0 Å². The summed E-state index contributed by atoms with van der Waals surface area (Å²) in [5.74, 6) is 0. The lowest BCUT2D eigenvalue weighted by Gasteiger charge is -2.07. The van der Waals surface area contributed by atoms with Crippen LogP contribution in [0.5, 0.6) is 0 Å². The second-order valence-corrected chi connectivity index (χ2v) is 5.02. The summed E-state index contributed by atoms with van der Waals surface area (Å²) in [5.41, 5.74) is 2.60. The maximum Gasteiger partial charge on any atom is 0.0741 e. The van der Waals surface area contributed by atoms with E-state index in [1.54, 1.807) is 0 Å². The molecule has 15 heavy (non-hydrogen) atoms. The minimum Gasteiger partial charge on any atom is -0.372 e. The largest absolute Gasteiger partial charge is 0.372 e. The molecule has 0 spiro atoms. The molecule has 1 aromatic carbocycles. The number of fused-ring (bicyclic) bond motifs is 1. The molecule has 84 valence electrons. The van der Waals surface area contributed by atoms with Crippen molar-refractivity contribution in [3.63, 3.8) is 0 Å². The zero-order valence-electron chi connectivity index (χ0n) is 9.73. The van der Waals surface area contributed by atoms with E-state index in [1.807, 2.05) is 37.7 Å². The normalized spacial score (nSPS) is 17.5. The van der Waals surface area contributed by atoms with E-state index in [0.717, 1.165) is 11.4 Å². The first kappa shape index (κ1) is 12.7. The monoisotopic (exact) mass is 243 g/mol. The van der Waals surface area contributed by atoms with Crippen molar-refractivity contribution in [1.82, 2.24) is 0 Å². The predicted molar refractivity (Wildman–Crippen MR) is 71.1 cm³/mol. The Labute approximate surface area is 102 Å². The van der Waals surface area contributed by atoms with Gasteiger partial charge in [-0.3, -0.25) is 0 Å². The minimum absolute atomic E-state index is 0.471. The molecule has 1 aliphatic rings. The van der Waals surface area contributed by atoms with E-state index >= 15 is 0 Å². The molecule has 1 atom stereocenters. The third-order valence-corrected chi connectivity index (χ3v) is 3.45. The molecule has 1 nitrogen and oxygen atoms in total. The third-order valence-electron chi connectivity index (χ3n) is 2.18. The van der Waals surface area contributed by atoms with Crippen molar-refractivity contribution in [3.8, 4) is 0 Å². The fourth-order valence-electron chi connectivity index (χ4n) is 1.59. The van der Waals surface area contributed by atoms with Crippen molar-refractivity contribution in [2.24, 2.45) is 0 Å². The Balaban J connectivity index is 0.000000531. The van der Waals surface area contributed by atoms with Crippen LogP contribution in [-0.2, 0) is 6.42 Å². The molecule has 1 unspecified atom stereocenters. The van der Waals surface area contributed by atoms with Gasteiger partial charge in [0.2, 0.25) is 0 Å². The fraction of sp³-hybridized carbons (Fsp3) is 0.500. The Morgan fingerprint density at radius 3 is 2.67 bits per heavy atom. The highest BCUT2D eigenvalue weighted by atomic mass is 35.5. The van der Waals surface area contributed by atoms with E-state index in [0.29, 0.717) is 5.37 Å². The number of halogens is 1. The van der Waals surface area contributed by atoms with Crippen LogP contribution in [0.25, 0.3) is 0 Å². The van der Waals surface area contributed by atoms with Crippen molar-refractivity contribution in [2.75, 3.05) is 5.32 Å². The van der Waals surface area contributed by atoms with Crippen LogP contribution in [0.2, 0.25) is 5.02 Å². The van der Waals surface area contributed by atoms with Gasteiger partial charge < -0.3 is 5.32 Å².